The van der Waals surface area contributed by atoms with Crippen molar-refractivity contribution in [1.82, 2.24) is 9.80 Å². The molecule has 0 aliphatic carbocycles. The monoisotopic (exact) mass is 368 g/mol. The SMILES string of the molecule is Cc1cccc(C(=O)N2CCCN(C(=O)CSc3ccccc3)CC2)c1. The van der Waals surface area contributed by atoms with Crippen LogP contribution < -0.4 is 0 Å². The van der Waals surface area contributed by atoms with Gasteiger partial charge in [-0.15, -0.1) is 11.8 Å². The second-order valence-corrected chi connectivity index (χ2v) is 7.55. The average Bonchev–Trinajstić information content (AvgIpc) is 2.92. The summed E-state index contributed by atoms with van der Waals surface area (Å²) in [5, 5.41) is 0. The van der Waals surface area contributed by atoms with Crippen LogP contribution in [0, 0.1) is 6.92 Å². The van der Waals surface area contributed by atoms with E-state index in [1.54, 1.807) is 11.8 Å². The quantitative estimate of drug-likeness (QED) is 0.776. The molecule has 0 atom stereocenters. The van der Waals surface area contributed by atoms with Gasteiger partial charge in [0.15, 0.2) is 0 Å². The van der Waals surface area contributed by atoms with Gasteiger partial charge in [0.25, 0.3) is 5.91 Å². The minimum absolute atomic E-state index is 0.0571. The summed E-state index contributed by atoms with van der Waals surface area (Å²) in [4.78, 5) is 30.1. The highest BCUT2D eigenvalue weighted by molar-refractivity contribution is 8.00. The fourth-order valence-electron chi connectivity index (χ4n) is 3.08. The normalized spacial score (nSPS) is 14.8. The van der Waals surface area contributed by atoms with E-state index in [9.17, 15) is 9.59 Å². The molecule has 0 spiro atoms. The summed E-state index contributed by atoms with van der Waals surface area (Å²) in [6.07, 6.45) is 0.819. The van der Waals surface area contributed by atoms with Gasteiger partial charge in [0.2, 0.25) is 5.91 Å². The van der Waals surface area contributed by atoms with Gasteiger partial charge in [-0.25, -0.2) is 0 Å². The van der Waals surface area contributed by atoms with Crippen LogP contribution in [0.5, 0.6) is 0 Å². The van der Waals surface area contributed by atoms with Gasteiger partial charge in [-0.1, -0.05) is 35.9 Å². The van der Waals surface area contributed by atoms with E-state index in [1.165, 1.54) is 0 Å². The summed E-state index contributed by atoms with van der Waals surface area (Å²) in [5.41, 5.74) is 1.81. The molecule has 1 saturated heterocycles. The Labute approximate surface area is 159 Å². The maximum absolute atomic E-state index is 12.7. The number of thioether (sulfide) groups is 1. The largest absolute Gasteiger partial charge is 0.340 e. The lowest BCUT2D eigenvalue weighted by atomic mass is 10.1. The van der Waals surface area contributed by atoms with Crippen LogP contribution in [0.25, 0.3) is 0 Å². The van der Waals surface area contributed by atoms with Crippen molar-refractivity contribution < 1.29 is 9.59 Å². The Morgan fingerprint density at radius 3 is 2.42 bits per heavy atom. The van der Waals surface area contributed by atoms with Crippen molar-refractivity contribution in [3.8, 4) is 0 Å². The van der Waals surface area contributed by atoms with Crippen molar-refractivity contribution in [2.75, 3.05) is 31.9 Å². The first-order valence-corrected chi connectivity index (χ1v) is 9.93. The molecule has 1 aliphatic heterocycles. The highest BCUT2D eigenvalue weighted by Crippen LogP contribution is 2.18. The molecule has 136 valence electrons. The van der Waals surface area contributed by atoms with Crippen LogP contribution in [-0.2, 0) is 4.79 Å². The minimum atomic E-state index is 0.0571. The molecular weight excluding hydrogens is 344 g/mol. The molecule has 0 bridgehead atoms. The fraction of sp³-hybridized carbons (Fsp3) is 0.333. The summed E-state index contributed by atoms with van der Waals surface area (Å²) in [6, 6.07) is 17.7. The van der Waals surface area contributed by atoms with Crippen LogP contribution in [0.3, 0.4) is 0 Å². The van der Waals surface area contributed by atoms with E-state index in [-0.39, 0.29) is 11.8 Å². The lowest BCUT2D eigenvalue weighted by Gasteiger charge is -2.22. The van der Waals surface area contributed by atoms with E-state index in [0.717, 1.165) is 22.4 Å². The molecule has 2 aromatic carbocycles. The molecule has 26 heavy (non-hydrogen) atoms. The Kier molecular flexibility index (Phi) is 6.34. The number of benzene rings is 2. The van der Waals surface area contributed by atoms with Crippen LogP contribution in [0.4, 0.5) is 0 Å². The smallest absolute Gasteiger partial charge is 0.253 e. The highest BCUT2D eigenvalue weighted by Gasteiger charge is 2.22. The zero-order valence-corrected chi connectivity index (χ0v) is 15.9. The lowest BCUT2D eigenvalue weighted by Crippen LogP contribution is -2.38. The Balaban J connectivity index is 1.54. The van der Waals surface area contributed by atoms with Crippen molar-refractivity contribution in [2.24, 2.45) is 0 Å². The Morgan fingerprint density at radius 2 is 1.65 bits per heavy atom. The summed E-state index contributed by atoms with van der Waals surface area (Å²) < 4.78 is 0. The van der Waals surface area contributed by atoms with Gasteiger partial charge in [0.05, 0.1) is 5.75 Å². The van der Waals surface area contributed by atoms with Crippen LogP contribution in [-0.4, -0.2) is 53.5 Å². The van der Waals surface area contributed by atoms with Crippen LogP contribution in [0.2, 0.25) is 0 Å². The number of nitrogens with zero attached hydrogens (tertiary/aromatic N) is 2. The third-order valence-corrected chi connectivity index (χ3v) is 5.50. The summed E-state index contributed by atoms with van der Waals surface area (Å²) in [6.45, 7) is 4.60. The zero-order valence-electron chi connectivity index (χ0n) is 15.1. The third-order valence-electron chi connectivity index (χ3n) is 4.51. The molecule has 1 heterocycles. The average molecular weight is 369 g/mol. The van der Waals surface area contributed by atoms with E-state index >= 15 is 0 Å². The molecule has 2 aromatic rings. The molecule has 0 saturated carbocycles. The van der Waals surface area contributed by atoms with Gasteiger partial charge in [-0.3, -0.25) is 9.59 Å². The van der Waals surface area contributed by atoms with Crippen LogP contribution in [0.1, 0.15) is 22.3 Å². The zero-order chi connectivity index (χ0) is 18.4. The van der Waals surface area contributed by atoms with Crippen LogP contribution >= 0.6 is 11.8 Å². The van der Waals surface area contributed by atoms with E-state index in [0.29, 0.717) is 31.9 Å². The van der Waals surface area contributed by atoms with E-state index < -0.39 is 0 Å². The predicted molar refractivity (Wildman–Crippen MR) is 105 cm³/mol. The Bertz CT molecular complexity index is 764. The molecule has 0 radical (unpaired) electrons. The molecule has 2 amide bonds. The van der Waals surface area contributed by atoms with Crippen molar-refractivity contribution >= 4 is 23.6 Å². The lowest BCUT2D eigenvalue weighted by molar-refractivity contribution is -0.128. The molecule has 3 rings (SSSR count). The van der Waals surface area contributed by atoms with Crippen LogP contribution in [0.15, 0.2) is 59.5 Å². The fourth-order valence-corrected chi connectivity index (χ4v) is 3.91. The van der Waals surface area contributed by atoms with Gasteiger partial charge < -0.3 is 9.80 Å². The third kappa shape index (κ3) is 4.88. The summed E-state index contributed by atoms with van der Waals surface area (Å²) in [7, 11) is 0. The number of rotatable bonds is 4. The molecule has 4 nitrogen and oxygen atoms in total. The minimum Gasteiger partial charge on any atom is -0.340 e. The first-order chi connectivity index (χ1) is 12.6. The van der Waals surface area contributed by atoms with Gasteiger partial charge >= 0.3 is 0 Å². The summed E-state index contributed by atoms with van der Waals surface area (Å²) >= 11 is 1.56. The number of carbonyl (C=O) groups excluding carboxylic acids is 2. The topological polar surface area (TPSA) is 40.6 Å². The van der Waals surface area contributed by atoms with Gasteiger partial charge in [-0.05, 0) is 37.6 Å². The molecule has 0 unspecified atom stereocenters. The van der Waals surface area contributed by atoms with Crippen molar-refractivity contribution in [3.63, 3.8) is 0 Å². The molecule has 1 fully saturated rings. The van der Waals surface area contributed by atoms with Crippen molar-refractivity contribution in [3.05, 3.63) is 65.7 Å². The second kappa shape index (κ2) is 8.90. The number of aryl methyl sites for hydroxylation is 1. The standard InChI is InChI=1S/C21H24N2O2S/c1-17-7-5-8-18(15-17)21(25)23-12-6-11-22(13-14-23)20(24)16-26-19-9-3-2-4-10-19/h2-5,7-10,15H,6,11-14,16H2,1H3. The van der Waals surface area contributed by atoms with E-state index in [1.807, 2.05) is 71.3 Å². The molecule has 0 aromatic heterocycles. The van der Waals surface area contributed by atoms with Crippen molar-refractivity contribution in [1.29, 1.82) is 0 Å². The maximum Gasteiger partial charge on any atom is 0.253 e. The van der Waals surface area contributed by atoms with Crippen molar-refractivity contribution in [2.45, 2.75) is 18.2 Å². The van der Waals surface area contributed by atoms with E-state index in [4.69, 9.17) is 0 Å². The van der Waals surface area contributed by atoms with Gasteiger partial charge in [0.1, 0.15) is 0 Å². The number of hydrogen-bond acceptors (Lipinski definition) is 3. The maximum atomic E-state index is 12.7. The Hall–Kier alpha value is -2.27. The number of hydrogen-bond donors (Lipinski definition) is 0. The number of amides is 2. The molecule has 1 aliphatic rings. The molecule has 5 heteroatoms. The second-order valence-electron chi connectivity index (χ2n) is 6.50. The Morgan fingerprint density at radius 1 is 0.923 bits per heavy atom. The van der Waals surface area contributed by atoms with Gasteiger partial charge in [-0.2, -0.15) is 0 Å². The predicted octanol–water partition coefficient (Wildman–Crippen LogP) is 3.46. The highest BCUT2D eigenvalue weighted by atomic mass is 32.2. The first-order valence-electron chi connectivity index (χ1n) is 8.95. The van der Waals surface area contributed by atoms with Gasteiger partial charge in [0, 0.05) is 36.6 Å². The van der Waals surface area contributed by atoms with E-state index in [2.05, 4.69) is 0 Å². The number of carbonyl (C=O) groups is 2. The summed E-state index contributed by atoms with van der Waals surface area (Å²) in [5.74, 6) is 0.640. The molecular formula is C21H24N2O2S. The molecule has 0 N–H and O–H groups in total. The first kappa shape index (κ1) is 18.5.